The molecule has 0 bridgehead atoms. The van der Waals surface area contributed by atoms with Gasteiger partial charge in [-0.15, -0.1) is 0 Å². The number of fused-ring (bicyclic) bond motifs is 1. The number of aromatic amines is 1. The third-order valence-corrected chi connectivity index (χ3v) is 3.94. The number of morpholine rings is 1. The molecule has 3 rings (SSSR count). The Bertz CT molecular complexity index is 621. The van der Waals surface area contributed by atoms with Crippen molar-refractivity contribution in [2.75, 3.05) is 33.3 Å². The van der Waals surface area contributed by atoms with Crippen LogP contribution in [0.4, 0.5) is 0 Å². The lowest BCUT2D eigenvalue weighted by Crippen LogP contribution is -2.49. The highest BCUT2D eigenvalue weighted by Gasteiger charge is 2.24. The molecule has 1 atom stereocenters. The van der Waals surface area contributed by atoms with Crippen molar-refractivity contribution in [1.29, 1.82) is 0 Å². The first-order chi connectivity index (χ1) is 10.3. The maximum atomic E-state index is 12.5. The van der Waals surface area contributed by atoms with Gasteiger partial charge < -0.3 is 19.9 Å². The number of benzene rings is 1. The molecular weight excluding hydrogens is 266 g/mol. The van der Waals surface area contributed by atoms with Crippen LogP contribution in [0.1, 0.15) is 5.56 Å². The van der Waals surface area contributed by atoms with Crippen LogP contribution in [0.3, 0.4) is 0 Å². The van der Waals surface area contributed by atoms with Gasteiger partial charge in [-0.3, -0.25) is 4.79 Å². The summed E-state index contributed by atoms with van der Waals surface area (Å²) in [5.41, 5.74) is 2.14. The number of nitrogens with zero attached hydrogens (tertiary/aromatic N) is 1. The first-order valence-corrected chi connectivity index (χ1v) is 7.37. The van der Waals surface area contributed by atoms with Crippen LogP contribution < -0.4 is 5.32 Å². The summed E-state index contributed by atoms with van der Waals surface area (Å²) in [5.74, 6) is 0.171. The van der Waals surface area contributed by atoms with Gasteiger partial charge >= 0.3 is 0 Å². The SMILES string of the molecule is CNCC1CN(C(=O)Cc2c[nH]c3ccccc23)CCO1. The zero-order valence-electron chi connectivity index (χ0n) is 12.3. The van der Waals surface area contributed by atoms with Crippen LogP contribution in [0.5, 0.6) is 0 Å². The van der Waals surface area contributed by atoms with Gasteiger partial charge in [-0.1, -0.05) is 18.2 Å². The Morgan fingerprint density at radius 2 is 2.33 bits per heavy atom. The minimum Gasteiger partial charge on any atom is -0.373 e. The van der Waals surface area contributed by atoms with E-state index in [1.54, 1.807) is 0 Å². The fraction of sp³-hybridized carbons (Fsp3) is 0.438. The van der Waals surface area contributed by atoms with Crippen molar-refractivity contribution in [3.05, 3.63) is 36.0 Å². The standard InChI is InChI=1S/C16H21N3O2/c1-17-10-13-11-19(6-7-21-13)16(20)8-12-9-18-15-5-3-2-4-14(12)15/h2-5,9,13,17-18H,6-8,10-11H2,1H3. The van der Waals surface area contributed by atoms with E-state index in [4.69, 9.17) is 4.74 Å². The summed E-state index contributed by atoms with van der Waals surface area (Å²) in [6.45, 7) is 2.74. The molecule has 0 aliphatic carbocycles. The number of rotatable bonds is 4. The molecule has 1 amide bonds. The Morgan fingerprint density at radius 1 is 1.48 bits per heavy atom. The zero-order valence-corrected chi connectivity index (χ0v) is 12.3. The van der Waals surface area contributed by atoms with Crippen molar-refractivity contribution in [2.24, 2.45) is 0 Å². The predicted molar refractivity (Wildman–Crippen MR) is 82.2 cm³/mol. The second-order valence-electron chi connectivity index (χ2n) is 5.43. The van der Waals surface area contributed by atoms with Gasteiger partial charge in [0.1, 0.15) is 0 Å². The molecule has 5 heteroatoms. The molecule has 1 aromatic heterocycles. The van der Waals surface area contributed by atoms with E-state index < -0.39 is 0 Å². The molecule has 0 saturated carbocycles. The van der Waals surface area contributed by atoms with Crippen molar-refractivity contribution >= 4 is 16.8 Å². The Kier molecular flexibility index (Phi) is 4.22. The molecule has 2 aromatic rings. The molecule has 1 aliphatic rings. The Balaban J connectivity index is 1.68. The first-order valence-electron chi connectivity index (χ1n) is 7.37. The van der Waals surface area contributed by atoms with E-state index in [0.717, 1.165) is 23.0 Å². The second-order valence-corrected chi connectivity index (χ2v) is 5.43. The van der Waals surface area contributed by atoms with Crippen molar-refractivity contribution < 1.29 is 9.53 Å². The predicted octanol–water partition coefficient (Wildman–Crippen LogP) is 1.16. The Morgan fingerprint density at radius 3 is 3.19 bits per heavy atom. The number of hydrogen-bond donors (Lipinski definition) is 2. The maximum absolute atomic E-state index is 12.5. The van der Waals surface area contributed by atoms with Crippen LogP contribution in [-0.4, -0.2) is 55.2 Å². The number of ether oxygens (including phenoxy) is 1. The van der Waals surface area contributed by atoms with Crippen molar-refractivity contribution in [1.82, 2.24) is 15.2 Å². The van der Waals surface area contributed by atoms with Gasteiger partial charge in [0.05, 0.1) is 19.1 Å². The molecule has 1 aromatic carbocycles. The van der Waals surface area contributed by atoms with Gasteiger partial charge in [0.2, 0.25) is 5.91 Å². The molecule has 1 unspecified atom stereocenters. The third-order valence-electron chi connectivity index (χ3n) is 3.94. The largest absolute Gasteiger partial charge is 0.373 e. The van der Waals surface area contributed by atoms with E-state index in [1.807, 2.05) is 36.3 Å². The average molecular weight is 287 g/mol. The highest BCUT2D eigenvalue weighted by molar-refractivity contribution is 5.88. The van der Waals surface area contributed by atoms with Gasteiger partial charge in [0.25, 0.3) is 0 Å². The molecular formula is C16H21N3O2. The smallest absolute Gasteiger partial charge is 0.227 e. The lowest BCUT2D eigenvalue weighted by molar-refractivity contribution is -0.137. The average Bonchev–Trinajstić information content (AvgIpc) is 2.91. The molecule has 2 N–H and O–H groups in total. The Labute approximate surface area is 124 Å². The molecule has 0 spiro atoms. The van der Waals surface area contributed by atoms with E-state index >= 15 is 0 Å². The van der Waals surface area contributed by atoms with Gasteiger partial charge in [-0.05, 0) is 18.7 Å². The fourth-order valence-electron chi connectivity index (χ4n) is 2.85. The molecule has 1 saturated heterocycles. The lowest BCUT2D eigenvalue weighted by atomic mass is 10.1. The fourth-order valence-corrected chi connectivity index (χ4v) is 2.85. The van der Waals surface area contributed by atoms with Crippen molar-refractivity contribution in [3.63, 3.8) is 0 Å². The topological polar surface area (TPSA) is 57.4 Å². The number of amides is 1. The van der Waals surface area contributed by atoms with E-state index in [2.05, 4.69) is 16.4 Å². The molecule has 2 heterocycles. The van der Waals surface area contributed by atoms with E-state index in [-0.39, 0.29) is 12.0 Å². The number of likely N-dealkylation sites (N-methyl/N-ethyl adjacent to an activating group) is 1. The van der Waals surface area contributed by atoms with Gasteiger partial charge in [0, 0.05) is 36.7 Å². The molecule has 0 radical (unpaired) electrons. The van der Waals surface area contributed by atoms with Crippen LogP contribution in [0, 0.1) is 0 Å². The van der Waals surface area contributed by atoms with E-state index in [9.17, 15) is 4.79 Å². The second kappa shape index (κ2) is 6.28. The zero-order chi connectivity index (χ0) is 14.7. The first kappa shape index (κ1) is 14.1. The van der Waals surface area contributed by atoms with Gasteiger partial charge in [0.15, 0.2) is 0 Å². The van der Waals surface area contributed by atoms with E-state index in [1.165, 1.54) is 0 Å². The number of carbonyl (C=O) groups excluding carboxylic acids is 1. The quantitative estimate of drug-likeness (QED) is 0.887. The monoisotopic (exact) mass is 287 g/mol. The number of aromatic nitrogens is 1. The van der Waals surface area contributed by atoms with Gasteiger partial charge in [-0.2, -0.15) is 0 Å². The van der Waals surface area contributed by atoms with E-state index in [0.29, 0.717) is 26.1 Å². The summed E-state index contributed by atoms with van der Waals surface area (Å²) < 4.78 is 5.64. The molecule has 1 aliphatic heterocycles. The van der Waals surface area contributed by atoms with Crippen LogP contribution in [0.2, 0.25) is 0 Å². The van der Waals surface area contributed by atoms with Crippen LogP contribution in [0.25, 0.3) is 10.9 Å². The number of carbonyl (C=O) groups is 1. The Hall–Kier alpha value is -1.85. The minimum atomic E-state index is 0.0932. The van der Waals surface area contributed by atoms with Crippen molar-refractivity contribution in [2.45, 2.75) is 12.5 Å². The third kappa shape index (κ3) is 3.09. The number of nitrogens with one attached hydrogen (secondary N) is 2. The van der Waals surface area contributed by atoms with Gasteiger partial charge in [-0.25, -0.2) is 0 Å². The molecule has 1 fully saturated rings. The summed E-state index contributed by atoms with van der Waals surface area (Å²) >= 11 is 0. The minimum absolute atomic E-state index is 0.0932. The highest BCUT2D eigenvalue weighted by Crippen LogP contribution is 2.19. The number of hydrogen-bond acceptors (Lipinski definition) is 3. The highest BCUT2D eigenvalue weighted by atomic mass is 16.5. The van der Waals surface area contributed by atoms with Crippen LogP contribution >= 0.6 is 0 Å². The molecule has 112 valence electrons. The van der Waals surface area contributed by atoms with Crippen LogP contribution in [0.15, 0.2) is 30.5 Å². The normalized spacial score (nSPS) is 19.1. The number of para-hydroxylation sites is 1. The lowest BCUT2D eigenvalue weighted by Gasteiger charge is -2.33. The summed E-state index contributed by atoms with van der Waals surface area (Å²) in [5, 5.41) is 4.23. The summed E-state index contributed by atoms with van der Waals surface area (Å²) in [4.78, 5) is 17.6. The summed E-state index contributed by atoms with van der Waals surface area (Å²) in [6.07, 6.45) is 2.47. The molecule has 5 nitrogen and oxygen atoms in total. The summed E-state index contributed by atoms with van der Waals surface area (Å²) in [7, 11) is 1.90. The summed E-state index contributed by atoms with van der Waals surface area (Å²) in [6, 6.07) is 8.08. The number of H-pyrrole nitrogens is 1. The van der Waals surface area contributed by atoms with Crippen LogP contribution in [-0.2, 0) is 16.0 Å². The van der Waals surface area contributed by atoms with Crippen molar-refractivity contribution in [3.8, 4) is 0 Å². The molecule has 21 heavy (non-hydrogen) atoms. The maximum Gasteiger partial charge on any atom is 0.227 e.